The summed E-state index contributed by atoms with van der Waals surface area (Å²) in [6.07, 6.45) is -10.8. The number of ether oxygens (including phenoxy) is 5. The minimum absolute atomic E-state index is 0.0150. The molecule has 17 nitrogen and oxygen atoms in total. The molecular formula is C50H67N3O14. The molecule has 0 radical (unpaired) electrons. The average Bonchev–Trinajstić information content (AvgIpc) is 3.27. The van der Waals surface area contributed by atoms with Crippen LogP contribution >= 0.6 is 0 Å². The summed E-state index contributed by atoms with van der Waals surface area (Å²) in [7, 11) is 2.06. The van der Waals surface area contributed by atoms with Crippen molar-refractivity contribution in [1.29, 1.82) is 0 Å². The fourth-order valence-electron chi connectivity index (χ4n) is 11.0. The second-order valence-corrected chi connectivity index (χ2v) is 20.7. The zero-order valence-corrected chi connectivity index (χ0v) is 39.7. The molecule has 2 saturated heterocycles. The maximum atomic E-state index is 15.5. The van der Waals surface area contributed by atoms with Crippen LogP contribution in [0.25, 0.3) is 0 Å². The lowest BCUT2D eigenvalue weighted by Crippen LogP contribution is -2.81. The number of hydrogen-bond donors (Lipinski definition) is 5. The first-order valence-electron chi connectivity index (χ1n) is 23.2. The van der Waals surface area contributed by atoms with Gasteiger partial charge in [-0.25, -0.2) is 14.4 Å². The molecule has 11 atom stereocenters. The molecule has 2 bridgehead atoms. The van der Waals surface area contributed by atoms with Crippen LogP contribution in [0.1, 0.15) is 96.1 Å². The molecule has 7 rings (SSSR count). The summed E-state index contributed by atoms with van der Waals surface area (Å²) in [4.78, 5) is 75.4. The van der Waals surface area contributed by atoms with Gasteiger partial charge in [-0.05, 0) is 83.5 Å². The number of fused-ring (bicyclic) bond motifs is 5. The number of Topliss-reactive ketones (excluding diaryl/α,β-unsaturated/α-hetero) is 1. The molecule has 3 aliphatic carbocycles. The van der Waals surface area contributed by atoms with E-state index < -0.39 is 112 Å². The van der Waals surface area contributed by atoms with E-state index in [1.165, 1.54) is 26.0 Å². The highest BCUT2D eigenvalue weighted by Crippen LogP contribution is 2.63. The van der Waals surface area contributed by atoms with Crippen molar-refractivity contribution >= 4 is 29.8 Å². The maximum Gasteiger partial charge on any atom is 0.408 e. The Kier molecular flexibility index (Phi) is 14.2. The van der Waals surface area contributed by atoms with Crippen LogP contribution in [0.5, 0.6) is 0 Å². The van der Waals surface area contributed by atoms with Crippen LogP contribution in [0.15, 0.2) is 71.8 Å². The van der Waals surface area contributed by atoms with Gasteiger partial charge in [0, 0.05) is 56.8 Å². The number of nitrogens with one attached hydrogen (secondary N) is 1. The maximum absolute atomic E-state index is 15.5. The van der Waals surface area contributed by atoms with E-state index in [1.807, 2.05) is 0 Å². The van der Waals surface area contributed by atoms with E-state index in [1.54, 1.807) is 83.1 Å². The largest absolute Gasteiger partial charge is 0.461 e. The molecule has 0 spiro atoms. The molecule has 5 aliphatic rings. The summed E-state index contributed by atoms with van der Waals surface area (Å²) in [5, 5.41) is 53.2. The van der Waals surface area contributed by atoms with Crippen LogP contribution in [0, 0.1) is 16.7 Å². The topological polar surface area (TPSA) is 231 Å². The van der Waals surface area contributed by atoms with Gasteiger partial charge in [0.25, 0.3) is 0 Å². The quantitative estimate of drug-likeness (QED) is 0.117. The van der Waals surface area contributed by atoms with Gasteiger partial charge in [-0.1, -0.05) is 62.4 Å². The Labute approximate surface area is 391 Å². The second kappa shape index (κ2) is 19.0. The molecule has 2 saturated carbocycles. The van der Waals surface area contributed by atoms with E-state index in [0.29, 0.717) is 18.5 Å². The number of carbonyl (C=O) groups excluding carboxylic acids is 5. The number of piperazine rings is 1. The minimum Gasteiger partial charge on any atom is -0.461 e. The van der Waals surface area contributed by atoms with Gasteiger partial charge < -0.3 is 59.2 Å². The molecule has 0 aromatic heterocycles. The van der Waals surface area contributed by atoms with Crippen LogP contribution in [-0.2, 0) is 38.1 Å². The highest BCUT2D eigenvalue weighted by Gasteiger charge is 2.77. The molecule has 2 aliphatic heterocycles. The van der Waals surface area contributed by atoms with Crippen LogP contribution in [-0.4, -0.2) is 160 Å². The van der Waals surface area contributed by atoms with Gasteiger partial charge in [0.05, 0.1) is 29.7 Å². The number of likely N-dealkylation sites (N-methyl/N-ethyl adjacent to an activating group) is 1. The molecule has 2 aromatic carbocycles. The number of nitrogens with zero attached hydrogens (tertiary/aromatic N) is 2. The SMILES string of the molecule is CC1=C2[C@@H](O)C(=O)[C@@]3(C)C([C@H](OC(=O)c4ccccc4)[C@](O)(C[C@@H]1OC(=O)[C@H](O)[C@@H](NC(=O)OC(C)(C)C)c1ccccc1)C2(C)C)[C@]1(O)CO[C@@H]1C[C@@H]3OC(=O)CCCN1CCN(C)CC1. The third-order valence-electron chi connectivity index (χ3n) is 15.0. The number of esters is 3. The lowest BCUT2D eigenvalue weighted by molar-refractivity contribution is -0.344. The van der Waals surface area contributed by atoms with Crippen molar-refractivity contribution in [2.24, 2.45) is 16.7 Å². The van der Waals surface area contributed by atoms with E-state index in [2.05, 4.69) is 22.2 Å². The van der Waals surface area contributed by atoms with Gasteiger partial charge in [0.2, 0.25) is 0 Å². The van der Waals surface area contributed by atoms with Crippen molar-refractivity contribution < 1.29 is 68.1 Å². The molecule has 1 amide bonds. The van der Waals surface area contributed by atoms with Gasteiger partial charge in [0.15, 0.2) is 11.9 Å². The van der Waals surface area contributed by atoms with Crippen molar-refractivity contribution in [3.63, 3.8) is 0 Å². The van der Waals surface area contributed by atoms with Crippen molar-refractivity contribution in [3.8, 4) is 0 Å². The normalized spacial score (nSPS) is 32.7. The van der Waals surface area contributed by atoms with Crippen LogP contribution in [0.3, 0.4) is 0 Å². The van der Waals surface area contributed by atoms with Crippen molar-refractivity contribution in [3.05, 3.63) is 82.9 Å². The summed E-state index contributed by atoms with van der Waals surface area (Å²) < 4.78 is 30.0. The molecule has 2 heterocycles. The minimum atomic E-state index is -2.37. The molecule has 67 heavy (non-hydrogen) atoms. The molecular weight excluding hydrogens is 867 g/mol. The zero-order valence-electron chi connectivity index (χ0n) is 39.7. The highest BCUT2D eigenvalue weighted by molar-refractivity contribution is 5.94. The summed E-state index contributed by atoms with van der Waals surface area (Å²) in [5.74, 6) is -5.21. The van der Waals surface area contributed by atoms with E-state index in [9.17, 15) is 39.6 Å². The third kappa shape index (κ3) is 9.52. The number of carbonyl (C=O) groups is 5. The second-order valence-electron chi connectivity index (χ2n) is 20.7. The standard InChI is InChI=1S/C50H67N3O14/c1-29-32(64-44(59)39(56)37(30-16-11-9-12-17-30)51-45(60)67-46(2,3)4)27-50(62)42(66-43(58)31-18-13-10-14-19-31)40-48(7,41(57)38(55)36(29)47(50,5)6)33(26-34-49(40,61)28-63-34)65-35(54)20-15-21-53-24-22-52(8)23-25-53/h9-14,16-19,32-34,37-40,42,55-56,61-62H,15,20-28H2,1-8H3,(H,51,60)/t32-,33-,34+,37-,38+,39+,40?,42-,48+,49-,50+/m0/s1. The van der Waals surface area contributed by atoms with Gasteiger partial charge in [0.1, 0.15) is 41.2 Å². The predicted molar refractivity (Wildman–Crippen MR) is 241 cm³/mol. The first-order valence-corrected chi connectivity index (χ1v) is 23.2. The lowest BCUT2D eigenvalue weighted by atomic mass is 9.44. The molecule has 1 unspecified atom stereocenters. The van der Waals surface area contributed by atoms with Crippen molar-refractivity contribution in [2.75, 3.05) is 46.4 Å². The third-order valence-corrected chi connectivity index (χ3v) is 15.0. The summed E-state index contributed by atoms with van der Waals surface area (Å²) in [6.45, 7) is 14.9. The number of ketones is 1. The number of aliphatic hydroxyl groups is 4. The first-order chi connectivity index (χ1) is 31.4. The number of amides is 1. The Hall–Kier alpha value is -4.75. The number of rotatable bonds is 12. The number of hydrogen-bond acceptors (Lipinski definition) is 16. The van der Waals surface area contributed by atoms with E-state index in [4.69, 9.17) is 23.7 Å². The van der Waals surface area contributed by atoms with E-state index in [-0.39, 0.29) is 36.2 Å². The van der Waals surface area contributed by atoms with E-state index >= 15 is 4.79 Å². The lowest BCUT2D eigenvalue weighted by Gasteiger charge is -2.67. The average molecular weight is 934 g/mol. The fourth-order valence-corrected chi connectivity index (χ4v) is 11.0. The number of benzene rings is 2. The zero-order chi connectivity index (χ0) is 48.9. The smallest absolute Gasteiger partial charge is 0.408 e. The van der Waals surface area contributed by atoms with Gasteiger partial charge in [-0.2, -0.15) is 0 Å². The Morgan fingerprint density at radius 3 is 2.15 bits per heavy atom. The predicted octanol–water partition coefficient (Wildman–Crippen LogP) is 3.27. The van der Waals surface area contributed by atoms with Gasteiger partial charge in [-0.15, -0.1) is 0 Å². The number of aliphatic hydroxyl groups excluding tert-OH is 2. The summed E-state index contributed by atoms with van der Waals surface area (Å²) in [5.41, 5.74) is -8.37. The Morgan fingerprint density at radius 1 is 0.925 bits per heavy atom. The number of alkyl carbamates (subject to hydrolysis) is 1. The monoisotopic (exact) mass is 933 g/mol. The van der Waals surface area contributed by atoms with Crippen molar-refractivity contribution in [1.82, 2.24) is 15.1 Å². The fraction of sp³-hybridized carbons (Fsp3) is 0.620. The molecule has 17 heteroatoms. The van der Waals surface area contributed by atoms with Crippen LogP contribution < -0.4 is 5.32 Å². The van der Waals surface area contributed by atoms with Crippen LogP contribution in [0.2, 0.25) is 0 Å². The molecule has 5 N–H and O–H groups in total. The molecule has 2 aromatic rings. The highest BCUT2D eigenvalue weighted by atomic mass is 16.6. The first kappa shape index (κ1) is 50.1. The van der Waals surface area contributed by atoms with Crippen LogP contribution in [0.4, 0.5) is 4.79 Å². The van der Waals surface area contributed by atoms with E-state index in [0.717, 1.165) is 26.2 Å². The van der Waals surface area contributed by atoms with Crippen molar-refractivity contribution in [2.45, 2.75) is 134 Å². The summed E-state index contributed by atoms with van der Waals surface area (Å²) in [6, 6.07) is 14.8. The summed E-state index contributed by atoms with van der Waals surface area (Å²) >= 11 is 0. The Morgan fingerprint density at radius 2 is 1.55 bits per heavy atom. The molecule has 4 fully saturated rings. The van der Waals surface area contributed by atoms with Gasteiger partial charge >= 0.3 is 24.0 Å². The van der Waals surface area contributed by atoms with Gasteiger partial charge in [-0.3, -0.25) is 9.59 Å². The molecule has 366 valence electrons. The Balaban J connectivity index is 1.28. The Bertz CT molecular complexity index is 2210.